The SMILES string of the molecule is CCCCCOc1ccc(C2C(C(=O)Nc3cccc(C)c3)=C(C)Nc3ncnn32)cc1. The third-order valence-corrected chi connectivity index (χ3v) is 5.53. The molecule has 0 spiro atoms. The number of unbranched alkanes of at least 4 members (excludes halogenated alkanes) is 2. The highest BCUT2D eigenvalue weighted by Gasteiger charge is 2.33. The van der Waals surface area contributed by atoms with E-state index >= 15 is 0 Å². The first kappa shape index (κ1) is 21.6. The van der Waals surface area contributed by atoms with Gasteiger partial charge in [0.1, 0.15) is 18.1 Å². The minimum Gasteiger partial charge on any atom is -0.494 e. The molecule has 1 atom stereocenters. The number of ether oxygens (including phenoxy) is 1. The lowest BCUT2D eigenvalue weighted by molar-refractivity contribution is -0.113. The third kappa shape index (κ3) is 4.66. The van der Waals surface area contributed by atoms with Crippen molar-refractivity contribution in [2.75, 3.05) is 17.2 Å². The topological polar surface area (TPSA) is 81.1 Å². The minimum absolute atomic E-state index is 0.174. The molecule has 0 aliphatic carbocycles. The Labute approximate surface area is 188 Å². The smallest absolute Gasteiger partial charge is 0.255 e. The number of aryl methyl sites for hydroxylation is 1. The van der Waals surface area contributed by atoms with Crippen LogP contribution in [0.25, 0.3) is 0 Å². The van der Waals surface area contributed by atoms with Gasteiger partial charge in [-0.25, -0.2) is 4.68 Å². The van der Waals surface area contributed by atoms with Crippen LogP contribution in [-0.4, -0.2) is 27.3 Å². The Balaban J connectivity index is 1.61. The van der Waals surface area contributed by atoms with Gasteiger partial charge >= 0.3 is 0 Å². The van der Waals surface area contributed by atoms with E-state index in [1.54, 1.807) is 4.68 Å². The first-order chi connectivity index (χ1) is 15.6. The van der Waals surface area contributed by atoms with Gasteiger partial charge in [-0.1, -0.05) is 44.0 Å². The molecule has 2 heterocycles. The summed E-state index contributed by atoms with van der Waals surface area (Å²) >= 11 is 0. The summed E-state index contributed by atoms with van der Waals surface area (Å²) in [6.07, 6.45) is 4.86. The van der Waals surface area contributed by atoms with Gasteiger partial charge in [0, 0.05) is 11.4 Å². The van der Waals surface area contributed by atoms with Gasteiger partial charge in [0.15, 0.2) is 0 Å². The van der Waals surface area contributed by atoms with Crippen LogP contribution in [0.5, 0.6) is 5.75 Å². The van der Waals surface area contributed by atoms with E-state index in [1.165, 1.54) is 6.33 Å². The predicted octanol–water partition coefficient (Wildman–Crippen LogP) is 5.08. The third-order valence-electron chi connectivity index (χ3n) is 5.53. The molecule has 1 unspecified atom stereocenters. The Morgan fingerprint density at radius 2 is 1.97 bits per heavy atom. The number of carbonyl (C=O) groups is 1. The molecule has 4 rings (SSSR count). The molecule has 32 heavy (non-hydrogen) atoms. The quantitative estimate of drug-likeness (QED) is 0.486. The van der Waals surface area contributed by atoms with E-state index in [1.807, 2.05) is 62.4 Å². The number of amides is 1. The summed E-state index contributed by atoms with van der Waals surface area (Å²) in [7, 11) is 0. The molecule has 1 amide bonds. The summed E-state index contributed by atoms with van der Waals surface area (Å²) in [6, 6.07) is 15.2. The highest BCUT2D eigenvalue weighted by Crippen LogP contribution is 2.35. The number of nitrogens with zero attached hydrogens (tertiary/aromatic N) is 3. The number of fused-ring (bicyclic) bond motifs is 1. The number of aromatic nitrogens is 3. The second-order valence-corrected chi connectivity index (χ2v) is 8.04. The Morgan fingerprint density at radius 1 is 1.16 bits per heavy atom. The molecule has 0 saturated heterocycles. The normalized spacial score (nSPS) is 15.2. The second-order valence-electron chi connectivity index (χ2n) is 8.04. The Hall–Kier alpha value is -3.61. The van der Waals surface area contributed by atoms with Crippen LogP contribution in [0.3, 0.4) is 0 Å². The average Bonchev–Trinajstić information content (AvgIpc) is 3.24. The van der Waals surface area contributed by atoms with Gasteiger partial charge in [-0.05, 0) is 55.7 Å². The van der Waals surface area contributed by atoms with Crippen molar-refractivity contribution in [3.63, 3.8) is 0 Å². The number of hydrogen-bond donors (Lipinski definition) is 2. The summed E-state index contributed by atoms with van der Waals surface area (Å²) in [4.78, 5) is 17.7. The standard InChI is InChI=1S/C25H29N5O2/c1-4-5-6-14-32-21-12-10-19(11-13-21)23-22(18(3)28-25-26-16-27-30(23)25)24(31)29-20-9-7-8-17(2)15-20/h7-13,15-16,23H,4-6,14H2,1-3H3,(H,29,31)(H,26,27,28). The molecule has 1 aliphatic heterocycles. The Bertz CT molecular complexity index is 1120. The minimum atomic E-state index is -0.396. The molecule has 1 aliphatic rings. The zero-order valence-electron chi connectivity index (χ0n) is 18.8. The van der Waals surface area contributed by atoms with Crippen molar-refractivity contribution in [3.05, 3.63) is 77.3 Å². The molecule has 3 aromatic rings. The van der Waals surface area contributed by atoms with Gasteiger partial charge in [-0.2, -0.15) is 10.1 Å². The highest BCUT2D eigenvalue weighted by molar-refractivity contribution is 6.06. The molecule has 0 fully saturated rings. The first-order valence-corrected chi connectivity index (χ1v) is 11.0. The van der Waals surface area contributed by atoms with Crippen LogP contribution in [0.2, 0.25) is 0 Å². The van der Waals surface area contributed by atoms with Crippen molar-refractivity contribution in [3.8, 4) is 5.75 Å². The molecule has 0 radical (unpaired) electrons. The molecule has 7 nitrogen and oxygen atoms in total. The zero-order valence-corrected chi connectivity index (χ0v) is 18.8. The monoisotopic (exact) mass is 431 g/mol. The maximum atomic E-state index is 13.4. The maximum absolute atomic E-state index is 13.4. The van der Waals surface area contributed by atoms with E-state index in [2.05, 4.69) is 27.6 Å². The summed E-state index contributed by atoms with van der Waals surface area (Å²) in [6.45, 7) is 6.77. The predicted molar refractivity (Wildman–Crippen MR) is 126 cm³/mol. The number of hydrogen-bond acceptors (Lipinski definition) is 5. The number of rotatable bonds is 8. The van der Waals surface area contributed by atoms with Crippen LogP contribution in [0, 0.1) is 6.92 Å². The molecule has 0 saturated carbocycles. The number of nitrogens with one attached hydrogen (secondary N) is 2. The van der Waals surface area contributed by atoms with Gasteiger partial charge in [0.2, 0.25) is 5.95 Å². The molecule has 0 bridgehead atoms. The summed E-state index contributed by atoms with van der Waals surface area (Å²) in [5.74, 6) is 1.26. The van der Waals surface area contributed by atoms with E-state index < -0.39 is 6.04 Å². The van der Waals surface area contributed by atoms with E-state index in [4.69, 9.17) is 4.74 Å². The summed E-state index contributed by atoms with van der Waals surface area (Å²) in [5, 5.41) is 10.6. The molecule has 1 aromatic heterocycles. The van der Waals surface area contributed by atoms with Crippen LogP contribution in [-0.2, 0) is 4.79 Å². The van der Waals surface area contributed by atoms with E-state index in [-0.39, 0.29) is 5.91 Å². The van der Waals surface area contributed by atoms with Gasteiger partial charge < -0.3 is 15.4 Å². The van der Waals surface area contributed by atoms with Crippen LogP contribution >= 0.6 is 0 Å². The van der Waals surface area contributed by atoms with Crippen molar-refractivity contribution in [1.82, 2.24) is 14.8 Å². The molecular weight excluding hydrogens is 402 g/mol. The largest absolute Gasteiger partial charge is 0.494 e. The summed E-state index contributed by atoms with van der Waals surface area (Å²) < 4.78 is 7.60. The van der Waals surface area contributed by atoms with Crippen LogP contribution in [0.1, 0.15) is 50.3 Å². The van der Waals surface area contributed by atoms with E-state index in [9.17, 15) is 4.79 Å². The summed E-state index contributed by atoms with van der Waals surface area (Å²) in [5.41, 5.74) is 4.13. The van der Waals surface area contributed by atoms with Crippen LogP contribution < -0.4 is 15.4 Å². The van der Waals surface area contributed by atoms with Crippen molar-refractivity contribution < 1.29 is 9.53 Å². The fourth-order valence-corrected chi connectivity index (χ4v) is 3.90. The van der Waals surface area contributed by atoms with Gasteiger partial charge in [0.05, 0.1) is 12.2 Å². The lowest BCUT2D eigenvalue weighted by atomic mass is 9.95. The molecule has 7 heteroatoms. The molecule has 166 valence electrons. The highest BCUT2D eigenvalue weighted by atomic mass is 16.5. The van der Waals surface area contributed by atoms with Crippen molar-refractivity contribution in [2.45, 2.75) is 46.1 Å². The zero-order chi connectivity index (χ0) is 22.5. The Kier molecular flexibility index (Phi) is 6.54. The fourth-order valence-electron chi connectivity index (χ4n) is 3.90. The average molecular weight is 432 g/mol. The molecule has 2 N–H and O–H groups in total. The van der Waals surface area contributed by atoms with E-state index in [0.717, 1.165) is 47.5 Å². The number of anilines is 2. The molecular formula is C25H29N5O2. The fraction of sp³-hybridized carbons (Fsp3) is 0.320. The lowest BCUT2D eigenvalue weighted by Crippen LogP contribution is -2.31. The second kappa shape index (κ2) is 9.68. The van der Waals surface area contributed by atoms with Crippen molar-refractivity contribution in [2.24, 2.45) is 0 Å². The first-order valence-electron chi connectivity index (χ1n) is 11.0. The molecule has 2 aromatic carbocycles. The van der Waals surface area contributed by atoms with Gasteiger partial charge in [-0.15, -0.1) is 0 Å². The number of carbonyl (C=O) groups excluding carboxylic acids is 1. The van der Waals surface area contributed by atoms with Crippen molar-refractivity contribution >= 4 is 17.5 Å². The number of allylic oxidation sites excluding steroid dienone is 1. The number of benzene rings is 2. The maximum Gasteiger partial charge on any atom is 0.255 e. The lowest BCUT2D eigenvalue weighted by Gasteiger charge is -2.28. The van der Waals surface area contributed by atoms with Crippen LogP contribution in [0.4, 0.5) is 11.6 Å². The Morgan fingerprint density at radius 3 is 2.72 bits per heavy atom. The van der Waals surface area contributed by atoms with Gasteiger partial charge in [0.25, 0.3) is 5.91 Å². The van der Waals surface area contributed by atoms with Crippen LogP contribution in [0.15, 0.2) is 66.1 Å². The van der Waals surface area contributed by atoms with Crippen molar-refractivity contribution in [1.29, 1.82) is 0 Å². The van der Waals surface area contributed by atoms with E-state index in [0.29, 0.717) is 18.1 Å². The van der Waals surface area contributed by atoms with Gasteiger partial charge in [-0.3, -0.25) is 4.79 Å².